The Bertz CT molecular complexity index is 558. The Labute approximate surface area is 129 Å². The van der Waals surface area contributed by atoms with E-state index in [9.17, 15) is 4.79 Å². The smallest absolute Gasteiger partial charge is 0.251 e. The SMILES string of the molecule is O=C(NC(c1ccccc1)c1ccncc1)C1CNCCO1. The second-order valence-corrected chi connectivity index (χ2v) is 5.20. The van der Waals surface area contributed by atoms with Crippen molar-refractivity contribution in [3.63, 3.8) is 0 Å². The molecule has 1 saturated heterocycles. The quantitative estimate of drug-likeness (QED) is 0.892. The summed E-state index contributed by atoms with van der Waals surface area (Å²) in [6.07, 6.45) is 3.02. The van der Waals surface area contributed by atoms with Crippen LogP contribution in [-0.2, 0) is 9.53 Å². The van der Waals surface area contributed by atoms with Crippen LogP contribution in [0.1, 0.15) is 17.2 Å². The van der Waals surface area contributed by atoms with E-state index in [2.05, 4.69) is 15.6 Å². The van der Waals surface area contributed by atoms with Crippen molar-refractivity contribution in [2.75, 3.05) is 19.7 Å². The number of carbonyl (C=O) groups excluding carboxylic acids is 1. The van der Waals surface area contributed by atoms with Gasteiger partial charge in [0, 0.05) is 25.5 Å². The number of amides is 1. The molecule has 0 radical (unpaired) electrons. The van der Waals surface area contributed by atoms with E-state index in [-0.39, 0.29) is 11.9 Å². The van der Waals surface area contributed by atoms with Crippen LogP contribution in [0.15, 0.2) is 54.9 Å². The monoisotopic (exact) mass is 297 g/mol. The largest absolute Gasteiger partial charge is 0.366 e. The molecule has 22 heavy (non-hydrogen) atoms. The molecule has 5 heteroatoms. The average Bonchev–Trinajstić information content (AvgIpc) is 2.62. The number of hydrogen-bond acceptors (Lipinski definition) is 4. The Kier molecular flexibility index (Phi) is 4.78. The van der Waals surface area contributed by atoms with Crippen molar-refractivity contribution in [2.45, 2.75) is 12.1 Å². The molecule has 0 saturated carbocycles. The molecular weight excluding hydrogens is 278 g/mol. The van der Waals surface area contributed by atoms with Gasteiger partial charge >= 0.3 is 0 Å². The highest BCUT2D eigenvalue weighted by atomic mass is 16.5. The number of nitrogens with one attached hydrogen (secondary N) is 2. The average molecular weight is 297 g/mol. The van der Waals surface area contributed by atoms with Crippen molar-refractivity contribution in [3.05, 3.63) is 66.0 Å². The van der Waals surface area contributed by atoms with Gasteiger partial charge in [0.15, 0.2) is 0 Å². The van der Waals surface area contributed by atoms with E-state index in [0.717, 1.165) is 17.7 Å². The Hall–Kier alpha value is -2.24. The number of benzene rings is 1. The van der Waals surface area contributed by atoms with Crippen LogP contribution in [0.4, 0.5) is 0 Å². The molecule has 0 bridgehead atoms. The summed E-state index contributed by atoms with van der Waals surface area (Å²) < 4.78 is 5.53. The van der Waals surface area contributed by atoms with Crippen LogP contribution in [0.25, 0.3) is 0 Å². The third kappa shape index (κ3) is 3.50. The number of morpholine rings is 1. The van der Waals surface area contributed by atoms with Gasteiger partial charge in [-0.2, -0.15) is 0 Å². The molecule has 3 rings (SSSR count). The zero-order valence-electron chi connectivity index (χ0n) is 12.2. The van der Waals surface area contributed by atoms with Crippen LogP contribution in [-0.4, -0.2) is 36.7 Å². The highest BCUT2D eigenvalue weighted by Gasteiger charge is 2.25. The molecule has 2 heterocycles. The number of pyridine rings is 1. The van der Waals surface area contributed by atoms with Gasteiger partial charge in [0.1, 0.15) is 6.10 Å². The van der Waals surface area contributed by atoms with Crippen molar-refractivity contribution in [1.82, 2.24) is 15.6 Å². The first-order chi connectivity index (χ1) is 10.8. The fourth-order valence-electron chi connectivity index (χ4n) is 2.53. The zero-order chi connectivity index (χ0) is 15.2. The Morgan fingerprint density at radius 1 is 1.18 bits per heavy atom. The second-order valence-electron chi connectivity index (χ2n) is 5.20. The molecule has 1 fully saturated rings. The van der Waals surface area contributed by atoms with Crippen LogP contribution < -0.4 is 10.6 Å². The number of carbonyl (C=O) groups is 1. The highest BCUT2D eigenvalue weighted by molar-refractivity contribution is 5.82. The van der Waals surface area contributed by atoms with Crippen molar-refractivity contribution in [1.29, 1.82) is 0 Å². The summed E-state index contributed by atoms with van der Waals surface area (Å²) in [5.74, 6) is -0.0992. The minimum absolute atomic E-state index is 0.0992. The van der Waals surface area contributed by atoms with Gasteiger partial charge in [0.05, 0.1) is 12.6 Å². The first-order valence-corrected chi connectivity index (χ1v) is 7.42. The van der Waals surface area contributed by atoms with E-state index in [0.29, 0.717) is 13.2 Å². The van der Waals surface area contributed by atoms with Crippen LogP contribution in [0.5, 0.6) is 0 Å². The van der Waals surface area contributed by atoms with Gasteiger partial charge in [0.25, 0.3) is 5.91 Å². The summed E-state index contributed by atoms with van der Waals surface area (Å²) in [7, 11) is 0. The zero-order valence-corrected chi connectivity index (χ0v) is 12.2. The van der Waals surface area contributed by atoms with Crippen molar-refractivity contribution in [3.8, 4) is 0 Å². The maximum atomic E-state index is 12.5. The van der Waals surface area contributed by atoms with E-state index >= 15 is 0 Å². The van der Waals surface area contributed by atoms with E-state index < -0.39 is 6.10 Å². The predicted octanol–water partition coefficient (Wildman–Crippen LogP) is 1.28. The number of aromatic nitrogens is 1. The van der Waals surface area contributed by atoms with E-state index in [1.165, 1.54) is 0 Å². The maximum absolute atomic E-state index is 12.5. The molecular formula is C17H19N3O2. The van der Waals surface area contributed by atoms with Crippen LogP contribution in [0.2, 0.25) is 0 Å². The first-order valence-electron chi connectivity index (χ1n) is 7.42. The van der Waals surface area contributed by atoms with E-state index in [4.69, 9.17) is 4.74 Å². The molecule has 5 nitrogen and oxygen atoms in total. The molecule has 0 spiro atoms. The third-order valence-corrected chi connectivity index (χ3v) is 3.68. The van der Waals surface area contributed by atoms with Crippen LogP contribution in [0, 0.1) is 0 Å². The molecule has 1 aliphatic heterocycles. The minimum atomic E-state index is -0.443. The predicted molar refractivity (Wildman–Crippen MR) is 83.3 cm³/mol. The molecule has 1 aromatic carbocycles. The lowest BCUT2D eigenvalue weighted by molar-refractivity contribution is -0.134. The van der Waals surface area contributed by atoms with Gasteiger partial charge in [-0.1, -0.05) is 30.3 Å². The second kappa shape index (κ2) is 7.15. The fourth-order valence-corrected chi connectivity index (χ4v) is 2.53. The molecule has 0 aliphatic carbocycles. The molecule has 1 aromatic heterocycles. The third-order valence-electron chi connectivity index (χ3n) is 3.68. The maximum Gasteiger partial charge on any atom is 0.251 e. The first kappa shape index (κ1) is 14.7. The molecule has 2 unspecified atom stereocenters. The minimum Gasteiger partial charge on any atom is -0.366 e. The lowest BCUT2D eigenvalue weighted by atomic mass is 9.99. The summed E-state index contributed by atoms with van der Waals surface area (Å²) in [6.45, 7) is 1.89. The Morgan fingerprint density at radius 3 is 2.59 bits per heavy atom. The molecule has 1 amide bonds. The Morgan fingerprint density at radius 2 is 1.91 bits per heavy atom. The van der Waals surface area contributed by atoms with Gasteiger partial charge in [0.2, 0.25) is 0 Å². The van der Waals surface area contributed by atoms with E-state index in [1.807, 2.05) is 42.5 Å². The standard InChI is InChI=1S/C17H19N3O2/c21-17(15-12-19-10-11-22-15)20-16(13-4-2-1-3-5-13)14-6-8-18-9-7-14/h1-9,15-16,19H,10-12H2,(H,20,21). The summed E-state index contributed by atoms with van der Waals surface area (Å²) in [6, 6.07) is 13.5. The van der Waals surface area contributed by atoms with Crippen LogP contribution in [0.3, 0.4) is 0 Å². The lowest BCUT2D eigenvalue weighted by Gasteiger charge is -2.26. The summed E-state index contributed by atoms with van der Waals surface area (Å²) >= 11 is 0. The van der Waals surface area contributed by atoms with Crippen LogP contribution >= 0.6 is 0 Å². The van der Waals surface area contributed by atoms with Crippen molar-refractivity contribution >= 4 is 5.91 Å². The topological polar surface area (TPSA) is 63.2 Å². The highest BCUT2D eigenvalue weighted by Crippen LogP contribution is 2.21. The summed E-state index contributed by atoms with van der Waals surface area (Å²) in [5.41, 5.74) is 2.03. The van der Waals surface area contributed by atoms with Gasteiger partial charge in [-0.3, -0.25) is 9.78 Å². The van der Waals surface area contributed by atoms with Crippen molar-refractivity contribution in [2.24, 2.45) is 0 Å². The number of nitrogens with zero attached hydrogens (tertiary/aromatic N) is 1. The van der Waals surface area contributed by atoms with Gasteiger partial charge < -0.3 is 15.4 Å². The molecule has 114 valence electrons. The molecule has 2 N–H and O–H groups in total. The fraction of sp³-hybridized carbons (Fsp3) is 0.294. The van der Waals surface area contributed by atoms with Crippen molar-refractivity contribution < 1.29 is 9.53 Å². The normalized spacial score (nSPS) is 19.4. The summed E-state index contributed by atoms with van der Waals surface area (Å²) in [5, 5.41) is 6.26. The number of rotatable bonds is 4. The van der Waals surface area contributed by atoms with Gasteiger partial charge in [-0.05, 0) is 23.3 Å². The van der Waals surface area contributed by atoms with Gasteiger partial charge in [-0.25, -0.2) is 0 Å². The Balaban J connectivity index is 1.81. The molecule has 2 atom stereocenters. The molecule has 1 aliphatic rings. The molecule has 2 aromatic rings. The number of ether oxygens (including phenoxy) is 1. The lowest BCUT2D eigenvalue weighted by Crippen LogP contribution is -2.48. The van der Waals surface area contributed by atoms with E-state index in [1.54, 1.807) is 12.4 Å². The summed E-state index contributed by atoms with van der Waals surface area (Å²) in [4.78, 5) is 16.5. The van der Waals surface area contributed by atoms with Gasteiger partial charge in [-0.15, -0.1) is 0 Å². The number of hydrogen-bond donors (Lipinski definition) is 2.